The number of hydrogen-bond donors (Lipinski definition) is 1. The van der Waals surface area contributed by atoms with Crippen LogP contribution in [0.3, 0.4) is 0 Å². The fourth-order valence-corrected chi connectivity index (χ4v) is 1.09. The quantitative estimate of drug-likeness (QED) is 0.424. The van der Waals surface area contributed by atoms with Crippen LogP contribution < -0.4 is 0 Å². The lowest BCUT2D eigenvalue weighted by Crippen LogP contribution is -2.13. The first-order valence-electron chi connectivity index (χ1n) is 6.41. The van der Waals surface area contributed by atoms with Gasteiger partial charge in [0.05, 0.1) is 66.1 Å². The summed E-state index contributed by atoms with van der Waals surface area (Å²) in [6.45, 7) is 7.58. The van der Waals surface area contributed by atoms with Crippen molar-refractivity contribution >= 4 is 0 Å². The number of ether oxygens (including phenoxy) is 5. The fourth-order valence-electron chi connectivity index (χ4n) is 1.09. The number of hydrogen-bond acceptors (Lipinski definition) is 6. The summed E-state index contributed by atoms with van der Waals surface area (Å²) in [6.07, 6.45) is 0. The molecule has 1 N–H and O–H groups in total. The molecule has 0 fully saturated rings. The van der Waals surface area contributed by atoms with Crippen molar-refractivity contribution in [3.8, 4) is 0 Å². The van der Waals surface area contributed by atoms with Crippen molar-refractivity contribution in [1.29, 1.82) is 0 Å². The first kappa shape index (κ1) is 17.8. The normalized spacial score (nSPS) is 11.0. The maximum Gasteiger partial charge on any atom is 0.0701 e. The van der Waals surface area contributed by atoms with Gasteiger partial charge in [0.2, 0.25) is 0 Å². The third kappa shape index (κ3) is 15.8. The van der Waals surface area contributed by atoms with Crippen LogP contribution in [0.5, 0.6) is 0 Å². The maximum absolute atomic E-state index is 8.45. The average molecular weight is 266 g/mol. The SMILES string of the molecule is CCOCCOCCOCCOCCOCCO. The molecule has 0 aromatic carbocycles. The van der Waals surface area contributed by atoms with Gasteiger partial charge in [0.15, 0.2) is 0 Å². The molecule has 0 unspecified atom stereocenters. The van der Waals surface area contributed by atoms with Crippen molar-refractivity contribution in [2.24, 2.45) is 0 Å². The van der Waals surface area contributed by atoms with Crippen LogP contribution in [0.2, 0.25) is 0 Å². The van der Waals surface area contributed by atoms with Gasteiger partial charge in [-0.05, 0) is 6.92 Å². The summed E-state index contributed by atoms with van der Waals surface area (Å²) in [6, 6.07) is 0. The Kier molecular flexibility index (Phi) is 16.5. The fraction of sp³-hybridized carbons (Fsp3) is 1.00. The standard InChI is InChI=1S/C12H26O6/c1-2-14-5-6-16-9-10-18-12-11-17-8-7-15-4-3-13/h13H,2-12H2,1H3. The lowest BCUT2D eigenvalue weighted by atomic mass is 10.7. The molecule has 0 aliphatic rings. The van der Waals surface area contributed by atoms with Crippen molar-refractivity contribution < 1.29 is 28.8 Å². The molecule has 18 heavy (non-hydrogen) atoms. The minimum Gasteiger partial charge on any atom is -0.394 e. The molecule has 0 aromatic heterocycles. The lowest BCUT2D eigenvalue weighted by Gasteiger charge is -2.07. The molecule has 0 aromatic rings. The highest BCUT2D eigenvalue weighted by Crippen LogP contribution is 1.83. The lowest BCUT2D eigenvalue weighted by molar-refractivity contribution is -0.0125. The first-order chi connectivity index (χ1) is 8.91. The van der Waals surface area contributed by atoms with Crippen LogP contribution in [0.25, 0.3) is 0 Å². The monoisotopic (exact) mass is 266 g/mol. The van der Waals surface area contributed by atoms with E-state index in [1.807, 2.05) is 6.92 Å². The van der Waals surface area contributed by atoms with Crippen LogP contribution >= 0.6 is 0 Å². The van der Waals surface area contributed by atoms with Crippen LogP contribution in [0.1, 0.15) is 6.92 Å². The summed E-state index contributed by atoms with van der Waals surface area (Å²) in [5.41, 5.74) is 0. The highest BCUT2D eigenvalue weighted by Gasteiger charge is 1.92. The molecule has 0 aliphatic heterocycles. The van der Waals surface area contributed by atoms with E-state index in [2.05, 4.69) is 0 Å². The molecule has 0 saturated carbocycles. The average Bonchev–Trinajstić information content (AvgIpc) is 2.39. The predicted octanol–water partition coefficient (Wildman–Crippen LogP) is 0.0816. The van der Waals surface area contributed by atoms with Crippen molar-refractivity contribution in [1.82, 2.24) is 0 Å². The van der Waals surface area contributed by atoms with Gasteiger partial charge in [-0.25, -0.2) is 0 Å². The summed E-state index contributed by atoms with van der Waals surface area (Å²) < 4.78 is 26.0. The minimum absolute atomic E-state index is 0.0480. The van der Waals surface area contributed by atoms with Crippen LogP contribution in [-0.4, -0.2) is 77.8 Å². The molecule has 0 atom stereocenters. The van der Waals surface area contributed by atoms with Crippen LogP contribution in [0.15, 0.2) is 0 Å². The smallest absolute Gasteiger partial charge is 0.0701 e. The zero-order valence-electron chi connectivity index (χ0n) is 11.3. The number of aliphatic hydroxyl groups excluding tert-OH is 1. The Morgan fingerprint density at radius 2 is 0.889 bits per heavy atom. The first-order valence-corrected chi connectivity index (χ1v) is 6.41. The Labute approximate surface area is 109 Å². The van der Waals surface area contributed by atoms with E-state index >= 15 is 0 Å². The summed E-state index contributed by atoms with van der Waals surface area (Å²) in [5, 5.41) is 8.45. The molecule has 0 spiro atoms. The Morgan fingerprint density at radius 1 is 0.556 bits per heavy atom. The largest absolute Gasteiger partial charge is 0.394 e. The van der Waals surface area contributed by atoms with Gasteiger partial charge in [0.25, 0.3) is 0 Å². The minimum atomic E-state index is 0.0480. The van der Waals surface area contributed by atoms with E-state index in [0.29, 0.717) is 59.5 Å². The highest BCUT2D eigenvalue weighted by molar-refractivity contribution is 4.35. The van der Waals surface area contributed by atoms with Crippen molar-refractivity contribution in [2.45, 2.75) is 6.92 Å². The van der Waals surface area contributed by atoms with E-state index < -0.39 is 0 Å². The van der Waals surface area contributed by atoms with E-state index in [1.165, 1.54) is 0 Å². The van der Waals surface area contributed by atoms with Crippen molar-refractivity contribution in [2.75, 3.05) is 72.7 Å². The maximum atomic E-state index is 8.45. The number of rotatable bonds is 15. The summed E-state index contributed by atoms with van der Waals surface area (Å²) in [5.74, 6) is 0. The number of aliphatic hydroxyl groups is 1. The van der Waals surface area contributed by atoms with E-state index in [-0.39, 0.29) is 6.61 Å². The molecule has 110 valence electrons. The van der Waals surface area contributed by atoms with Gasteiger partial charge >= 0.3 is 0 Å². The third-order valence-electron chi connectivity index (χ3n) is 1.93. The molecular weight excluding hydrogens is 240 g/mol. The van der Waals surface area contributed by atoms with Crippen molar-refractivity contribution in [3.63, 3.8) is 0 Å². The third-order valence-corrected chi connectivity index (χ3v) is 1.93. The topological polar surface area (TPSA) is 66.4 Å². The van der Waals surface area contributed by atoms with Crippen LogP contribution in [0, 0.1) is 0 Å². The molecular formula is C12H26O6. The molecule has 0 amide bonds. The molecule has 0 heterocycles. The summed E-state index contributed by atoms with van der Waals surface area (Å²) >= 11 is 0. The molecule has 0 saturated heterocycles. The van der Waals surface area contributed by atoms with E-state index in [9.17, 15) is 0 Å². The van der Waals surface area contributed by atoms with E-state index in [1.54, 1.807) is 0 Å². The van der Waals surface area contributed by atoms with Gasteiger partial charge < -0.3 is 28.8 Å². The van der Waals surface area contributed by atoms with Gasteiger partial charge in [-0.15, -0.1) is 0 Å². The summed E-state index contributed by atoms with van der Waals surface area (Å²) in [7, 11) is 0. The zero-order chi connectivity index (χ0) is 13.3. The van der Waals surface area contributed by atoms with E-state index in [0.717, 1.165) is 6.61 Å². The van der Waals surface area contributed by atoms with Gasteiger partial charge in [0.1, 0.15) is 0 Å². The molecule has 0 bridgehead atoms. The second-order valence-corrected chi connectivity index (χ2v) is 3.37. The van der Waals surface area contributed by atoms with Gasteiger partial charge in [0, 0.05) is 6.61 Å². The molecule has 6 heteroatoms. The predicted molar refractivity (Wildman–Crippen MR) is 66.9 cm³/mol. The second kappa shape index (κ2) is 16.8. The Morgan fingerprint density at radius 3 is 1.22 bits per heavy atom. The van der Waals surface area contributed by atoms with Crippen LogP contribution in [0.4, 0.5) is 0 Å². The molecule has 0 radical (unpaired) electrons. The zero-order valence-corrected chi connectivity index (χ0v) is 11.3. The highest BCUT2D eigenvalue weighted by atomic mass is 16.6. The second-order valence-electron chi connectivity index (χ2n) is 3.37. The van der Waals surface area contributed by atoms with Gasteiger partial charge in [-0.3, -0.25) is 0 Å². The Balaban J connectivity index is 2.86. The molecule has 6 nitrogen and oxygen atoms in total. The molecule has 0 rings (SSSR count). The van der Waals surface area contributed by atoms with E-state index in [4.69, 9.17) is 28.8 Å². The Hall–Kier alpha value is -0.240. The van der Waals surface area contributed by atoms with Crippen molar-refractivity contribution in [3.05, 3.63) is 0 Å². The molecule has 0 aliphatic carbocycles. The van der Waals surface area contributed by atoms with Gasteiger partial charge in [-0.2, -0.15) is 0 Å². The van der Waals surface area contributed by atoms with Gasteiger partial charge in [-0.1, -0.05) is 0 Å². The Bertz CT molecular complexity index is 129. The van der Waals surface area contributed by atoms with Crippen LogP contribution in [-0.2, 0) is 23.7 Å². The summed E-state index contributed by atoms with van der Waals surface area (Å²) in [4.78, 5) is 0.